The molecule has 0 aliphatic heterocycles. The van der Waals surface area contributed by atoms with Crippen LogP contribution in [0.5, 0.6) is 5.75 Å². The first-order chi connectivity index (χ1) is 7.04. The predicted molar refractivity (Wildman–Crippen MR) is 46.9 cm³/mol. The van der Waals surface area contributed by atoms with Gasteiger partial charge < -0.3 is 4.74 Å². The zero-order chi connectivity index (χ0) is 11.4. The van der Waals surface area contributed by atoms with E-state index in [9.17, 15) is 18.0 Å². The second-order valence-corrected chi connectivity index (χ2v) is 2.92. The Hall–Kier alpha value is -1.52. The number of rotatable bonds is 3. The summed E-state index contributed by atoms with van der Waals surface area (Å²) in [6.45, 7) is 1.76. The van der Waals surface area contributed by atoms with E-state index in [0.29, 0.717) is 18.6 Å². The number of halogens is 3. The summed E-state index contributed by atoms with van der Waals surface area (Å²) < 4.78 is 42.4. The minimum atomic E-state index is -1.58. The van der Waals surface area contributed by atoms with Gasteiger partial charge in [-0.15, -0.1) is 0 Å². The van der Waals surface area contributed by atoms with E-state index in [1.807, 2.05) is 0 Å². The number of carbonyl (C=O) groups excluding carboxylic acids is 1. The lowest BCUT2D eigenvalue weighted by Crippen LogP contribution is -2.07. The summed E-state index contributed by atoms with van der Waals surface area (Å²) in [5.74, 6) is -5.28. The van der Waals surface area contributed by atoms with Crippen molar-refractivity contribution in [2.75, 3.05) is 0 Å². The molecule has 1 aromatic carbocycles. The summed E-state index contributed by atoms with van der Waals surface area (Å²) in [6, 6.07) is 1.26. The first-order valence-electron chi connectivity index (χ1n) is 4.39. The van der Waals surface area contributed by atoms with Crippen LogP contribution in [0.25, 0.3) is 0 Å². The number of benzene rings is 1. The van der Waals surface area contributed by atoms with E-state index >= 15 is 0 Å². The van der Waals surface area contributed by atoms with Crippen LogP contribution in [0.2, 0.25) is 0 Å². The summed E-state index contributed by atoms with van der Waals surface area (Å²) in [7, 11) is 0. The molecule has 15 heavy (non-hydrogen) atoms. The minimum absolute atomic E-state index is 0.139. The van der Waals surface area contributed by atoms with Crippen LogP contribution in [0.4, 0.5) is 13.2 Å². The van der Waals surface area contributed by atoms with E-state index in [4.69, 9.17) is 0 Å². The lowest BCUT2D eigenvalue weighted by Gasteiger charge is -2.04. The highest BCUT2D eigenvalue weighted by molar-refractivity contribution is 5.72. The largest absolute Gasteiger partial charge is 0.426 e. The highest BCUT2D eigenvalue weighted by atomic mass is 19.2. The molecule has 0 radical (unpaired) electrons. The fourth-order valence-corrected chi connectivity index (χ4v) is 0.978. The molecule has 0 spiro atoms. The quantitative estimate of drug-likeness (QED) is 0.443. The van der Waals surface area contributed by atoms with Gasteiger partial charge in [0.1, 0.15) is 5.75 Å². The number of ether oxygens (including phenoxy) is 1. The van der Waals surface area contributed by atoms with Gasteiger partial charge in [0.2, 0.25) is 0 Å². The Morgan fingerprint density at radius 3 is 2.27 bits per heavy atom. The van der Waals surface area contributed by atoms with Crippen molar-refractivity contribution >= 4 is 5.97 Å². The van der Waals surface area contributed by atoms with Crippen LogP contribution in [0.15, 0.2) is 12.1 Å². The molecule has 0 atom stereocenters. The molecule has 0 fully saturated rings. The van der Waals surface area contributed by atoms with Gasteiger partial charge in [-0.05, 0) is 6.42 Å². The van der Waals surface area contributed by atoms with Gasteiger partial charge in [0.25, 0.3) is 0 Å². The van der Waals surface area contributed by atoms with Crippen LogP contribution in [0.3, 0.4) is 0 Å². The van der Waals surface area contributed by atoms with Crippen LogP contribution in [0, 0.1) is 17.5 Å². The zero-order valence-corrected chi connectivity index (χ0v) is 8.02. The second-order valence-electron chi connectivity index (χ2n) is 2.92. The van der Waals surface area contributed by atoms with Crippen LogP contribution < -0.4 is 4.74 Å². The first-order valence-corrected chi connectivity index (χ1v) is 4.39. The number of hydrogen-bond donors (Lipinski definition) is 0. The predicted octanol–water partition coefficient (Wildman–Crippen LogP) is 2.81. The maximum absolute atomic E-state index is 12.7. The van der Waals surface area contributed by atoms with E-state index in [0.717, 1.165) is 0 Å². The van der Waals surface area contributed by atoms with Gasteiger partial charge in [0, 0.05) is 18.6 Å². The monoisotopic (exact) mass is 218 g/mol. The molecule has 0 aliphatic rings. The zero-order valence-electron chi connectivity index (χ0n) is 8.02. The SMILES string of the molecule is CCCC(=O)Oc1cc(F)c(F)c(F)c1. The second kappa shape index (κ2) is 4.82. The molecule has 0 saturated heterocycles. The third-order valence-corrected chi connectivity index (χ3v) is 1.64. The lowest BCUT2D eigenvalue weighted by molar-refractivity contribution is -0.134. The molecule has 5 heteroatoms. The molecular weight excluding hydrogens is 209 g/mol. The molecule has 0 saturated carbocycles. The van der Waals surface area contributed by atoms with Gasteiger partial charge in [-0.25, -0.2) is 13.2 Å². The highest BCUT2D eigenvalue weighted by Crippen LogP contribution is 2.19. The smallest absolute Gasteiger partial charge is 0.311 e. The third kappa shape index (κ3) is 2.97. The molecule has 0 aromatic heterocycles. The van der Waals surface area contributed by atoms with Crippen LogP contribution in [0.1, 0.15) is 19.8 Å². The minimum Gasteiger partial charge on any atom is -0.426 e. The van der Waals surface area contributed by atoms with Crippen molar-refractivity contribution in [3.8, 4) is 5.75 Å². The Morgan fingerprint density at radius 2 is 1.80 bits per heavy atom. The Morgan fingerprint density at radius 1 is 1.27 bits per heavy atom. The highest BCUT2D eigenvalue weighted by Gasteiger charge is 2.13. The van der Waals surface area contributed by atoms with Gasteiger partial charge in [-0.2, -0.15) is 0 Å². The van der Waals surface area contributed by atoms with Crippen LogP contribution >= 0.6 is 0 Å². The number of carbonyl (C=O) groups is 1. The maximum Gasteiger partial charge on any atom is 0.311 e. The van der Waals surface area contributed by atoms with Gasteiger partial charge in [-0.3, -0.25) is 4.79 Å². The van der Waals surface area contributed by atoms with Crippen LogP contribution in [-0.4, -0.2) is 5.97 Å². The molecule has 0 amide bonds. The molecular formula is C10H9F3O2. The Kier molecular flexibility index (Phi) is 3.71. The summed E-state index contributed by atoms with van der Waals surface area (Å²) in [5, 5.41) is 0. The number of hydrogen-bond acceptors (Lipinski definition) is 2. The van der Waals surface area contributed by atoms with E-state index < -0.39 is 23.4 Å². The molecule has 1 rings (SSSR count). The van der Waals surface area contributed by atoms with E-state index in [1.165, 1.54) is 0 Å². The Balaban J connectivity index is 2.83. The number of esters is 1. The van der Waals surface area contributed by atoms with Crippen molar-refractivity contribution in [1.82, 2.24) is 0 Å². The molecule has 1 aromatic rings. The molecule has 2 nitrogen and oxygen atoms in total. The first kappa shape index (κ1) is 11.6. The van der Waals surface area contributed by atoms with Gasteiger partial charge >= 0.3 is 5.97 Å². The molecule has 0 aliphatic carbocycles. The summed E-state index contributed by atoms with van der Waals surface area (Å²) in [5.41, 5.74) is 0. The van der Waals surface area contributed by atoms with Gasteiger partial charge in [0.05, 0.1) is 0 Å². The molecule has 0 heterocycles. The van der Waals surface area contributed by atoms with Crippen molar-refractivity contribution in [2.24, 2.45) is 0 Å². The normalized spacial score (nSPS) is 10.1. The van der Waals surface area contributed by atoms with Crippen molar-refractivity contribution in [2.45, 2.75) is 19.8 Å². The average Bonchev–Trinajstić information content (AvgIpc) is 2.14. The van der Waals surface area contributed by atoms with Gasteiger partial charge in [0.15, 0.2) is 17.5 Å². The van der Waals surface area contributed by atoms with E-state index in [2.05, 4.69) is 4.74 Å². The molecule has 0 unspecified atom stereocenters. The van der Waals surface area contributed by atoms with Crippen molar-refractivity contribution in [3.05, 3.63) is 29.6 Å². The summed E-state index contributed by atoms with van der Waals surface area (Å²) in [4.78, 5) is 11.0. The standard InChI is InChI=1S/C10H9F3O2/c1-2-3-9(14)15-6-4-7(11)10(13)8(12)5-6/h4-5H,2-3H2,1H3. The fourth-order valence-electron chi connectivity index (χ4n) is 0.978. The Labute approximate surface area is 84.7 Å². The summed E-state index contributed by atoms with van der Waals surface area (Å²) in [6.07, 6.45) is 0.700. The topological polar surface area (TPSA) is 26.3 Å². The van der Waals surface area contributed by atoms with E-state index in [1.54, 1.807) is 6.92 Å². The molecule has 82 valence electrons. The molecule has 0 bridgehead atoms. The van der Waals surface area contributed by atoms with E-state index in [-0.39, 0.29) is 12.2 Å². The van der Waals surface area contributed by atoms with Crippen molar-refractivity contribution in [3.63, 3.8) is 0 Å². The average molecular weight is 218 g/mol. The van der Waals surface area contributed by atoms with Gasteiger partial charge in [-0.1, -0.05) is 6.92 Å². The third-order valence-electron chi connectivity index (χ3n) is 1.64. The fraction of sp³-hybridized carbons (Fsp3) is 0.300. The lowest BCUT2D eigenvalue weighted by atomic mass is 10.3. The summed E-state index contributed by atoms with van der Waals surface area (Å²) >= 11 is 0. The van der Waals surface area contributed by atoms with Crippen LogP contribution in [-0.2, 0) is 4.79 Å². The molecule has 0 N–H and O–H groups in total. The Bertz CT molecular complexity index is 354. The van der Waals surface area contributed by atoms with Crippen molar-refractivity contribution < 1.29 is 22.7 Å². The van der Waals surface area contributed by atoms with Crippen molar-refractivity contribution in [1.29, 1.82) is 0 Å². The maximum atomic E-state index is 12.7.